The molecule has 0 aromatic heterocycles. The van der Waals surface area contributed by atoms with Crippen LogP contribution in [0.4, 0.5) is 0 Å². The molecule has 0 rings (SSSR count). The highest BCUT2D eigenvalue weighted by Crippen LogP contribution is 2.17. The van der Waals surface area contributed by atoms with Crippen molar-refractivity contribution < 1.29 is 24.5 Å². The lowest BCUT2D eigenvalue weighted by molar-refractivity contribution is -0.151. The van der Waals surface area contributed by atoms with Gasteiger partial charge in [0.25, 0.3) is 0 Å². The summed E-state index contributed by atoms with van der Waals surface area (Å²) in [4.78, 5) is 25.9. The molecule has 0 radical (unpaired) electrons. The van der Waals surface area contributed by atoms with Crippen molar-refractivity contribution in [1.29, 1.82) is 0 Å². The molecular weight excluding hydrogens is 695 g/mol. The van der Waals surface area contributed by atoms with Gasteiger partial charge in [0, 0.05) is 6.42 Å². The van der Waals surface area contributed by atoms with Crippen molar-refractivity contribution in [2.45, 2.75) is 264 Å². The molecule has 0 saturated heterocycles. The molecule has 0 aromatic rings. The summed E-state index contributed by atoms with van der Waals surface area (Å²) in [5, 5.41) is 23.6. The summed E-state index contributed by atoms with van der Waals surface area (Å²) in [6.45, 7) is 6.39. The molecule has 0 aliphatic heterocycles. The van der Waals surface area contributed by atoms with Crippen LogP contribution in [0.2, 0.25) is 0 Å². The molecule has 0 saturated carbocycles. The van der Waals surface area contributed by atoms with Crippen molar-refractivity contribution >= 4 is 11.9 Å². The summed E-state index contributed by atoms with van der Waals surface area (Å²) in [6.07, 6.45) is 50.7. The largest absolute Gasteiger partial charge is 0.462 e. The van der Waals surface area contributed by atoms with Crippen LogP contribution in [0.15, 0.2) is 36.5 Å². The quantitative estimate of drug-likeness (QED) is 0.0247. The maximum atomic E-state index is 13.1. The van der Waals surface area contributed by atoms with Crippen LogP contribution in [0.25, 0.3) is 0 Å². The Morgan fingerprint density at radius 2 is 0.946 bits per heavy atom. The Morgan fingerprint density at radius 3 is 1.46 bits per heavy atom. The fourth-order valence-corrected chi connectivity index (χ4v) is 7.25. The number of hydrogen-bond acceptors (Lipinski definition) is 5. The molecule has 0 aromatic carbocycles. The maximum absolute atomic E-state index is 13.1. The topological polar surface area (TPSA) is 95.9 Å². The summed E-state index contributed by atoms with van der Waals surface area (Å²) in [6, 6.07) is -0.708. The molecule has 0 fully saturated rings. The number of aliphatic hydroxyl groups excluding tert-OH is 2. The Bertz CT molecular complexity index is 930. The van der Waals surface area contributed by atoms with Crippen LogP contribution < -0.4 is 5.32 Å². The van der Waals surface area contributed by atoms with Gasteiger partial charge in [-0.15, -0.1) is 0 Å². The lowest BCUT2D eigenvalue weighted by atomic mass is 10.0. The molecule has 3 unspecified atom stereocenters. The number of aliphatic hydroxyl groups is 2. The Labute approximate surface area is 347 Å². The first-order chi connectivity index (χ1) is 27.5. The lowest BCUT2D eigenvalue weighted by Crippen LogP contribution is -2.46. The number of allylic oxidation sites excluding steroid dienone is 6. The summed E-state index contributed by atoms with van der Waals surface area (Å²) in [5.41, 5.74) is 0. The van der Waals surface area contributed by atoms with Crippen molar-refractivity contribution in [3.05, 3.63) is 36.5 Å². The van der Waals surface area contributed by atoms with Gasteiger partial charge in [0.2, 0.25) is 5.91 Å². The van der Waals surface area contributed by atoms with E-state index in [4.69, 9.17) is 4.74 Å². The number of amides is 1. The molecule has 0 aliphatic carbocycles. The first-order valence-electron chi connectivity index (χ1n) is 24.2. The van der Waals surface area contributed by atoms with Crippen molar-refractivity contribution in [1.82, 2.24) is 5.32 Å². The summed E-state index contributed by atoms with van der Waals surface area (Å²) < 4.78 is 5.87. The highest BCUT2D eigenvalue weighted by molar-refractivity contribution is 5.77. The van der Waals surface area contributed by atoms with E-state index in [-0.39, 0.29) is 24.9 Å². The smallest absolute Gasteiger partial charge is 0.306 e. The zero-order valence-electron chi connectivity index (χ0n) is 37.3. The minimum Gasteiger partial charge on any atom is -0.462 e. The van der Waals surface area contributed by atoms with Crippen LogP contribution in [0.3, 0.4) is 0 Å². The van der Waals surface area contributed by atoms with E-state index in [2.05, 4.69) is 62.5 Å². The van der Waals surface area contributed by atoms with E-state index < -0.39 is 18.2 Å². The first kappa shape index (κ1) is 54.1. The van der Waals surface area contributed by atoms with Crippen LogP contribution in [0.1, 0.15) is 245 Å². The van der Waals surface area contributed by atoms with Gasteiger partial charge in [-0.25, -0.2) is 0 Å². The number of nitrogens with one attached hydrogen (secondary N) is 1. The molecule has 0 heterocycles. The number of unbranched alkanes of at least 4 members (excludes halogenated alkanes) is 26. The molecule has 328 valence electrons. The first-order valence-corrected chi connectivity index (χ1v) is 24.2. The molecule has 56 heavy (non-hydrogen) atoms. The third-order valence-corrected chi connectivity index (χ3v) is 11.0. The van der Waals surface area contributed by atoms with Gasteiger partial charge in [-0.1, -0.05) is 198 Å². The van der Waals surface area contributed by atoms with E-state index in [1.807, 2.05) is 0 Å². The number of esters is 1. The third-order valence-electron chi connectivity index (χ3n) is 11.0. The van der Waals surface area contributed by atoms with E-state index in [0.717, 1.165) is 89.9 Å². The molecule has 0 bridgehead atoms. The molecule has 1 amide bonds. The molecule has 3 N–H and O–H groups in total. The fraction of sp³-hybridized carbons (Fsp3) is 0.840. The highest BCUT2D eigenvalue weighted by atomic mass is 16.5. The number of carbonyl (C=O) groups is 2. The van der Waals surface area contributed by atoms with Gasteiger partial charge in [0.15, 0.2) is 0 Å². The van der Waals surface area contributed by atoms with E-state index in [9.17, 15) is 19.8 Å². The van der Waals surface area contributed by atoms with Gasteiger partial charge < -0.3 is 20.3 Å². The average molecular weight is 788 g/mol. The van der Waals surface area contributed by atoms with Crippen LogP contribution in [0, 0.1) is 0 Å². The Balaban J connectivity index is 4.49. The molecule has 0 spiro atoms. The van der Waals surface area contributed by atoms with Gasteiger partial charge in [0.1, 0.15) is 6.10 Å². The van der Waals surface area contributed by atoms with Gasteiger partial charge >= 0.3 is 5.97 Å². The molecule has 3 atom stereocenters. The minimum atomic E-state index is -0.792. The number of ether oxygens (including phenoxy) is 1. The average Bonchev–Trinajstić information content (AvgIpc) is 3.19. The van der Waals surface area contributed by atoms with Crippen molar-refractivity contribution in [3.63, 3.8) is 0 Å². The van der Waals surface area contributed by atoms with Crippen LogP contribution in [0.5, 0.6) is 0 Å². The lowest BCUT2D eigenvalue weighted by Gasteiger charge is -2.24. The van der Waals surface area contributed by atoms with Gasteiger partial charge in [0.05, 0.1) is 25.2 Å². The number of rotatable bonds is 43. The normalized spacial score (nSPS) is 13.6. The molecule has 6 heteroatoms. The monoisotopic (exact) mass is 788 g/mol. The standard InChI is InChI=1S/C50H93NO5/c1-4-7-10-13-16-19-21-23-24-25-27-29-31-34-37-40-43-50(55)56-46(41-38-35-32-18-15-12-9-6-3)44-49(54)51-47(45-52)48(53)42-39-36-33-30-28-26-22-20-17-14-11-8-5-2/h12,15,24-25,27,29,46-48,52-53H,4-11,13-14,16-23,26,28,30-45H2,1-3H3,(H,51,54)/b15-12-,25-24+,29-27+. The zero-order chi connectivity index (χ0) is 41.0. The summed E-state index contributed by atoms with van der Waals surface area (Å²) in [7, 11) is 0. The number of hydrogen-bond donors (Lipinski definition) is 3. The molecule has 6 nitrogen and oxygen atoms in total. The van der Waals surface area contributed by atoms with Crippen LogP contribution in [-0.2, 0) is 14.3 Å². The highest BCUT2D eigenvalue weighted by Gasteiger charge is 2.24. The predicted molar refractivity (Wildman–Crippen MR) is 241 cm³/mol. The predicted octanol–water partition coefficient (Wildman–Crippen LogP) is 14.1. The Morgan fingerprint density at radius 1 is 0.518 bits per heavy atom. The van der Waals surface area contributed by atoms with Crippen molar-refractivity contribution in [2.24, 2.45) is 0 Å². The van der Waals surface area contributed by atoms with Gasteiger partial charge in [-0.3, -0.25) is 9.59 Å². The van der Waals surface area contributed by atoms with E-state index >= 15 is 0 Å². The third kappa shape index (κ3) is 38.9. The second kappa shape index (κ2) is 44.2. The summed E-state index contributed by atoms with van der Waals surface area (Å²) >= 11 is 0. The second-order valence-corrected chi connectivity index (χ2v) is 16.5. The maximum Gasteiger partial charge on any atom is 0.306 e. The second-order valence-electron chi connectivity index (χ2n) is 16.5. The summed E-state index contributed by atoms with van der Waals surface area (Å²) in [5.74, 6) is -0.521. The minimum absolute atomic E-state index is 0.0569. The molecule has 0 aliphatic rings. The van der Waals surface area contributed by atoms with Gasteiger partial charge in [-0.05, 0) is 70.6 Å². The van der Waals surface area contributed by atoms with E-state index in [0.29, 0.717) is 19.3 Å². The zero-order valence-corrected chi connectivity index (χ0v) is 37.3. The fourth-order valence-electron chi connectivity index (χ4n) is 7.25. The van der Waals surface area contributed by atoms with Crippen molar-refractivity contribution in [3.8, 4) is 0 Å². The SMILES string of the molecule is CCC/C=C\CCCCCC(CC(=O)NC(CO)C(O)CCCCCCCCCCCCCCC)OC(=O)CCCCC/C=C/C=C/CCCCCCCCC. The Kier molecular flexibility index (Phi) is 42.7. The van der Waals surface area contributed by atoms with Crippen LogP contribution in [-0.4, -0.2) is 46.9 Å². The van der Waals surface area contributed by atoms with E-state index in [1.165, 1.54) is 109 Å². The van der Waals surface area contributed by atoms with Gasteiger partial charge in [-0.2, -0.15) is 0 Å². The van der Waals surface area contributed by atoms with E-state index in [1.54, 1.807) is 0 Å². The van der Waals surface area contributed by atoms with Crippen molar-refractivity contribution in [2.75, 3.05) is 6.61 Å². The molecular formula is C50H93NO5. The van der Waals surface area contributed by atoms with Crippen LogP contribution >= 0.6 is 0 Å². The number of carbonyl (C=O) groups excluding carboxylic acids is 2. The Hall–Kier alpha value is -1.92.